The summed E-state index contributed by atoms with van der Waals surface area (Å²) in [5.74, 6) is 1.63. The molecule has 20 heavy (non-hydrogen) atoms. The van der Waals surface area contributed by atoms with E-state index in [1.807, 2.05) is 12.4 Å². The lowest BCUT2D eigenvalue weighted by Crippen LogP contribution is -2.32. The minimum absolute atomic E-state index is 0.463. The van der Waals surface area contributed by atoms with Crippen molar-refractivity contribution < 1.29 is 0 Å². The first-order valence-electron chi connectivity index (χ1n) is 8.01. The first kappa shape index (κ1) is 15.5. The van der Waals surface area contributed by atoms with Crippen LogP contribution in [0.5, 0.6) is 0 Å². The second-order valence-corrected chi connectivity index (χ2v) is 7.48. The molecule has 112 valence electrons. The molecule has 2 rings (SSSR count). The van der Waals surface area contributed by atoms with Gasteiger partial charge in [0.05, 0.1) is 0 Å². The van der Waals surface area contributed by atoms with Crippen LogP contribution in [0.15, 0.2) is 18.5 Å². The molecule has 1 unspecified atom stereocenters. The Morgan fingerprint density at radius 2 is 1.85 bits per heavy atom. The monoisotopic (exact) mass is 274 g/mol. The molecule has 0 spiro atoms. The van der Waals surface area contributed by atoms with E-state index in [1.165, 1.54) is 36.8 Å². The van der Waals surface area contributed by atoms with Gasteiger partial charge in [-0.3, -0.25) is 4.98 Å². The summed E-state index contributed by atoms with van der Waals surface area (Å²) in [7, 11) is 2.09. The number of hydrogen-bond donors (Lipinski definition) is 1. The van der Waals surface area contributed by atoms with Gasteiger partial charge in [0, 0.05) is 18.4 Å². The van der Waals surface area contributed by atoms with Gasteiger partial charge in [0.25, 0.3) is 0 Å². The van der Waals surface area contributed by atoms with Crippen LogP contribution >= 0.6 is 0 Å². The first-order chi connectivity index (χ1) is 9.43. The summed E-state index contributed by atoms with van der Waals surface area (Å²) < 4.78 is 0. The summed E-state index contributed by atoms with van der Waals surface area (Å²) in [6.07, 6.45) is 9.34. The van der Waals surface area contributed by atoms with Crippen LogP contribution in [0.1, 0.15) is 63.6 Å². The molecule has 0 saturated heterocycles. The largest absolute Gasteiger partial charge is 0.313 e. The van der Waals surface area contributed by atoms with Gasteiger partial charge in [0.1, 0.15) is 0 Å². The molecule has 1 aliphatic carbocycles. The van der Waals surface area contributed by atoms with Crippen molar-refractivity contribution in [3.8, 4) is 0 Å². The first-order valence-corrected chi connectivity index (χ1v) is 8.01. The van der Waals surface area contributed by atoms with Crippen LogP contribution in [0, 0.1) is 24.2 Å². The van der Waals surface area contributed by atoms with Crippen molar-refractivity contribution >= 4 is 0 Å². The van der Waals surface area contributed by atoms with Crippen LogP contribution in [0.3, 0.4) is 0 Å². The molecule has 1 aromatic heterocycles. The van der Waals surface area contributed by atoms with E-state index in [0.29, 0.717) is 11.5 Å². The molecule has 1 saturated carbocycles. The topological polar surface area (TPSA) is 24.9 Å². The quantitative estimate of drug-likeness (QED) is 0.877. The molecule has 2 heteroatoms. The lowest BCUT2D eigenvalue weighted by atomic mass is 9.68. The van der Waals surface area contributed by atoms with Crippen LogP contribution in [-0.4, -0.2) is 12.0 Å². The summed E-state index contributed by atoms with van der Waals surface area (Å²) in [5, 5.41) is 3.54. The fourth-order valence-electron chi connectivity index (χ4n) is 3.77. The summed E-state index contributed by atoms with van der Waals surface area (Å²) in [6, 6.07) is 2.59. The molecule has 0 bridgehead atoms. The number of nitrogens with zero attached hydrogens (tertiary/aromatic N) is 1. The average molecular weight is 274 g/mol. The van der Waals surface area contributed by atoms with E-state index >= 15 is 0 Å². The number of hydrogen-bond acceptors (Lipinski definition) is 2. The van der Waals surface area contributed by atoms with E-state index in [9.17, 15) is 0 Å². The van der Waals surface area contributed by atoms with Crippen molar-refractivity contribution in [3.63, 3.8) is 0 Å². The van der Waals surface area contributed by atoms with Gasteiger partial charge >= 0.3 is 0 Å². The zero-order valence-electron chi connectivity index (χ0n) is 13.7. The van der Waals surface area contributed by atoms with Crippen molar-refractivity contribution in [1.29, 1.82) is 0 Å². The van der Waals surface area contributed by atoms with Crippen LogP contribution in [-0.2, 0) is 0 Å². The summed E-state index contributed by atoms with van der Waals surface area (Å²) >= 11 is 0. The molecule has 0 aromatic carbocycles. The smallest absolute Gasteiger partial charge is 0.0364 e. The molecule has 1 fully saturated rings. The standard InChI is InChI=1S/C18H30N2/c1-13-10-11-20-12-16(13)17(19-5)14-6-8-15(9-7-14)18(2,3)4/h10-12,14-15,17,19H,6-9H2,1-5H3. The van der Waals surface area contributed by atoms with Crippen molar-refractivity contribution in [2.24, 2.45) is 17.3 Å². The highest BCUT2D eigenvalue weighted by molar-refractivity contribution is 5.25. The van der Waals surface area contributed by atoms with Gasteiger partial charge in [-0.2, -0.15) is 0 Å². The maximum atomic E-state index is 4.32. The van der Waals surface area contributed by atoms with E-state index in [0.717, 1.165) is 11.8 Å². The fraction of sp³-hybridized carbons (Fsp3) is 0.722. The Hall–Kier alpha value is -0.890. The third-order valence-corrected chi connectivity index (χ3v) is 5.19. The third-order valence-electron chi connectivity index (χ3n) is 5.19. The van der Waals surface area contributed by atoms with Crippen molar-refractivity contribution in [1.82, 2.24) is 10.3 Å². The van der Waals surface area contributed by atoms with E-state index < -0.39 is 0 Å². The molecule has 1 atom stereocenters. The van der Waals surface area contributed by atoms with Crippen molar-refractivity contribution in [3.05, 3.63) is 29.6 Å². The molecular weight excluding hydrogens is 244 g/mol. The maximum absolute atomic E-state index is 4.32. The second kappa shape index (κ2) is 6.26. The summed E-state index contributed by atoms with van der Waals surface area (Å²) in [5.41, 5.74) is 3.20. The molecule has 1 aromatic rings. The Kier molecular flexibility index (Phi) is 4.85. The zero-order chi connectivity index (χ0) is 14.8. The number of rotatable bonds is 3. The number of pyridine rings is 1. The molecule has 0 radical (unpaired) electrons. The second-order valence-electron chi connectivity index (χ2n) is 7.48. The van der Waals surface area contributed by atoms with Gasteiger partial charge in [-0.05, 0) is 74.1 Å². The highest BCUT2D eigenvalue weighted by Gasteiger charge is 2.33. The van der Waals surface area contributed by atoms with E-state index in [1.54, 1.807) is 0 Å². The Bertz CT molecular complexity index is 425. The van der Waals surface area contributed by atoms with Crippen LogP contribution in [0.4, 0.5) is 0 Å². The van der Waals surface area contributed by atoms with Crippen LogP contribution < -0.4 is 5.32 Å². The minimum atomic E-state index is 0.463. The molecular formula is C18H30N2. The molecule has 2 nitrogen and oxygen atoms in total. The van der Waals surface area contributed by atoms with Gasteiger partial charge in [-0.25, -0.2) is 0 Å². The lowest BCUT2D eigenvalue weighted by molar-refractivity contribution is 0.134. The Morgan fingerprint density at radius 3 is 2.35 bits per heavy atom. The highest BCUT2D eigenvalue weighted by Crippen LogP contribution is 2.43. The number of nitrogens with one attached hydrogen (secondary N) is 1. The molecule has 1 N–H and O–H groups in total. The minimum Gasteiger partial charge on any atom is -0.313 e. The van der Waals surface area contributed by atoms with Gasteiger partial charge in [-0.15, -0.1) is 0 Å². The molecule has 1 aliphatic rings. The predicted molar refractivity (Wildman–Crippen MR) is 85.7 cm³/mol. The molecule has 1 heterocycles. The van der Waals surface area contributed by atoms with E-state index in [-0.39, 0.29) is 0 Å². The summed E-state index contributed by atoms with van der Waals surface area (Å²) in [6.45, 7) is 9.36. The Morgan fingerprint density at radius 1 is 1.20 bits per heavy atom. The lowest BCUT2D eigenvalue weighted by Gasteiger charge is -2.39. The van der Waals surface area contributed by atoms with Gasteiger partial charge in [0.2, 0.25) is 0 Å². The van der Waals surface area contributed by atoms with Gasteiger partial charge in [0.15, 0.2) is 0 Å². The van der Waals surface area contributed by atoms with E-state index in [2.05, 4.69) is 51.1 Å². The molecule has 0 aliphatic heterocycles. The van der Waals surface area contributed by atoms with Crippen molar-refractivity contribution in [2.75, 3.05) is 7.05 Å². The average Bonchev–Trinajstić information content (AvgIpc) is 2.41. The summed E-state index contributed by atoms with van der Waals surface area (Å²) in [4.78, 5) is 4.32. The predicted octanol–water partition coefficient (Wildman–Crippen LogP) is 4.50. The molecule has 0 amide bonds. The fourth-order valence-corrected chi connectivity index (χ4v) is 3.77. The van der Waals surface area contributed by atoms with E-state index in [4.69, 9.17) is 0 Å². The number of aryl methyl sites for hydroxylation is 1. The zero-order valence-corrected chi connectivity index (χ0v) is 13.7. The Labute approximate surface area is 124 Å². The van der Waals surface area contributed by atoms with Crippen LogP contribution in [0.25, 0.3) is 0 Å². The van der Waals surface area contributed by atoms with Gasteiger partial charge < -0.3 is 5.32 Å². The van der Waals surface area contributed by atoms with Crippen molar-refractivity contribution in [2.45, 2.75) is 59.4 Å². The third kappa shape index (κ3) is 3.41. The number of aromatic nitrogens is 1. The van der Waals surface area contributed by atoms with Gasteiger partial charge in [-0.1, -0.05) is 20.8 Å². The normalized spacial score (nSPS) is 25.4. The SMILES string of the molecule is CNC(c1cnccc1C)C1CCC(C(C)(C)C)CC1. The highest BCUT2D eigenvalue weighted by atomic mass is 14.9. The maximum Gasteiger partial charge on any atom is 0.0364 e. The van der Waals surface area contributed by atoms with Crippen LogP contribution in [0.2, 0.25) is 0 Å². The Balaban J connectivity index is 2.06.